The molecule has 0 aliphatic rings. The van der Waals surface area contributed by atoms with Crippen molar-refractivity contribution in [3.63, 3.8) is 0 Å². The maximum Gasteiger partial charge on any atom is 0.128 e. The molecule has 0 bridgehead atoms. The predicted molar refractivity (Wildman–Crippen MR) is 97.1 cm³/mol. The van der Waals surface area contributed by atoms with Crippen LogP contribution in [0, 0.1) is 0 Å². The van der Waals surface area contributed by atoms with Crippen LogP contribution in [0.3, 0.4) is 0 Å². The number of thiazole rings is 1. The van der Waals surface area contributed by atoms with E-state index in [1.54, 1.807) is 11.3 Å². The van der Waals surface area contributed by atoms with Gasteiger partial charge in [0.15, 0.2) is 0 Å². The standard InChI is InChI=1S/C18H17ClN2OS/c1-2-22-17-8-7-13(19)9-15(17)16-11-23-18(21-16)14-6-4-3-5-12(14)10-20/h3-9,11H,2,10,20H2,1H3. The van der Waals surface area contributed by atoms with Crippen LogP contribution in [0.5, 0.6) is 5.75 Å². The van der Waals surface area contributed by atoms with E-state index < -0.39 is 0 Å². The van der Waals surface area contributed by atoms with Gasteiger partial charge in [-0.1, -0.05) is 35.9 Å². The van der Waals surface area contributed by atoms with Gasteiger partial charge in [-0.2, -0.15) is 0 Å². The summed E-state index contributed by atoms with van der Waals surface area (Å²) < 4.78 is 5.69. The molecular weight excluding hydrogens is 328 g/mol. The molecule has 2 N–H and O–H groups in total. The van der Waals surface area contributed by atoms with Crippen LogP contribution in [0.25, 0.3) is 21.8 Å². The molecule has 0 radical (unpaired) electrons. The lowest BCUT2D eigenvalue weighted by molar-refractivity contribution is 0.341. The summed E-state index contributed by atoms with van der Waals surface area (Å²) in [6, 6.07) is 13.7. The van der Waals surface area contributed by atoms with E-state index in [1.165, 1.54) is 0 Å². The van der Waals surface area contributed by atoms with Crippen molar-refractivity contribution in [3.8, 4) is 27.6 Å². The minimum absolute atomic E-state index is 0.493. The summed E-state index contributed by atoms with van der Waals surface area (Å²) in [7, 11) is 0. The molecule has 0 aliphatic heterocycles. The molecule has 0 saturated carbocycles. The zero-order chi connectivity index (χ0) is 16.2. The Hall–Kier alpha value is -1.88. The van der Waals surface area contributed by atoms with Gasteiger partial charge in [0.05, 0.1) is 12.3 Å². The largest absolute Gasteiger partial charge is 0.493 e. The Kier molecular flexibility index (Phi) is 4.96. The van der Waals surface area contributed by atoms with E-state index in [0.29, 0.717) is 18.2 Å². The van der Waals surface area contributed by atoms with E-state index in [4.69, 9.17) is 27.1 Å². The number of benzene rings is 2. The molecule has 3 aromatic rings. The molecule has 3 rings (SSSR count). The number of nitrogens with two attached hydrogens (primary N) is 1. The van der Waals surface area contributed by atoms with Crippen LogP contribution < -0.4 is 10.5 Å². The van der Waals surface area contributed by atoms with Crippen molar-refractivity contribution in [2.75, 3.05) is 6.61 Å². The number of halogens is 1. The van der Waals surface area contributed by atoms with E-state index >= 15 is 0 Å². The minimum atomic E-state index is 0.493. The highest BCUT2D eigenvalue weighted by molar-refractivity contribution is 7.13. The van der Waals surface area contributed by atoms with Gasteiger partial charge in [0, 0.05) is 28.1 Å². The predicted octanol–water partition coefficient (Wildman–Crippen LogP) is 4.99. The van der Waals surface area contributed by atoms with Crippen LogP contribution >= 0.6 is 22.9 Å². The number of aromatic nitrogens is 1. The summed E-state index contributed by atoms with van der Waals surface area (Å²) in [6.07, 6.45) is 0. The highest BCUT2D eigenvalue weighted by Gasteiger charge is 2.13. The zero-order valence-corrected chi connectivity index (χ0v) is 14.3. The first-order chi connectivity index (χ1) is 11.2. The molecule has 0 spiro atoms. The fourth-order valence-corrected chi connectivity index (χ4v) is 3.46. The molecule has 118 valence electrons. The van der Waals surface area contributed by atoms with Gasteiger partial charge in [0.25, 0.3) is 0 Å². The van der Waals surface area contributed by atoms with E-state index in [9.17, 15) is 0 Å². The van der Waals surface area contributed by atoms with E-state index in [2.05, 4.69) is 0 Å². The first-order valence-electron chi connectivity index (χ1n) is 7.39. The molecule has 1 heterocycles. The monoisotopic (exact) mass is 344 g/mol. The fraction of sp³-hybridized carbons (Fsp3) is 0.167. The van der Waals surface area contributed by atoms with Gasteiger partial charge in [-0.05, 0) is 30.7 Å². The van der Waals surface area contributed by atoms with Crippen LogP contribution in [-0.4, -0.2) is 11.6 Å². The van der Waals surface area contributed by atoms with E-state index in [0.717, 1.165) is 33.1 Å². The molecule has 0 atom stereocenters. The highest BCUT2D eigenvalue weighted by atomic mass is 35.5. The van der Waals surface area contributed by atoms with Crippen molar-refractivity contribution < 1.29 is 4.74 Å². The van der Waals surface area contributed by atoms with Gasteiger partial charge in [-0.3, -0.25) is 0 Å². The third kappa shape index (κ3) is 3.39. The SMILES string of the molecule is CCOc1ccc(Cl)cc1-c1csc(-c2ccccc2CN)n1. The number of ether oxygens (including phenoxy) is 1. The minimum Gasteiger partial charge on any atom is -0.493 e. The lowest BCUT2D eigenvalue weighted by atomic mass is 10.1. The van der Waals surface area contributed by atoms with Crippen molar-refractivity contribution in [1.82, 2.24) is 4.98 Å². The average Bonchev–Trinajstić information content (AvgIpc) is 3.06. The molecule has 23 heavy (non-hydrogen) atoms. The second kappa shape index (κ2) is 7.13. The van der Waals surface area contributed by atoms with Gasteiger partial charge in [0.2, 0.25) is 0 Å². The summed E-state index contributed by atoms with van der Waals surface area (Å²) in [6.45, 7) is 3.05. The summed E-state index contributed by atoms with van der Waals surface area (Å²) in [5, 5.41) is 3.64. The molecule has 1 aromatic heterocycles. The van der Waals surface area contributed by atoms with Crippen LogP contribution in [-0.2, 0) is 6.54 Å². The Bertz CT molecular complexity index is 816. The number of hydrogen-bond donors (Lipinski definition) is 1. The lowest BCUT2D eigenvalue weighted by Gasteiger charge is -2.08. The van der Waals surface area contributed by atoms with Gasteiger partial charge in [0.1, 0.15) is 10.8 Å². The molecule has 3 nitrogen and oxygen atoms in total. The van der Waals surface area contributed by atoms with Gasteiger partial charge < -0.3 is 10.5 Å². The zero-order valence-electron chi connectivity index (χ0n) is 12.8. The lowest BCUT2D eigenvalue weighted by Crippen LogP contribution is -1.98. The van der Waals surface area contributed by atoms with Crippen LogP contribution in [0.2, 0.25) is 5.02 Å². The number of hydrogen-bond acceptors (Lipinski definition) is 4. The maximum absolute atomic E-state index is 6.14. The normalized spacial score (nSPS) is 10.7. The van der Waals surface area contributed by atoms with E-state index in [1.807, 2.05) is 54.8 Å². The molecule has 0 saturated heterocycles. The summed E-state index contributed by atoms with van der Waals surface area (Å²) in [4.78, 5) is 4.77. The van der Waals surface area contributed by atoms with Crippen molar-refractivity contribution in [2.24, 2.45) is 5.73 Å². The Morgan fingerprint density at radius 1 is 1.17 bits per heavy atom. The molecule has 0 unspecified atom stereocenters. The Balaban J connectivity index is 2.04. The summed E-state index contributed by atoms with van der Waals surface area (Å²) in [5.41, 5.74) is 9.76. The summed E-state index contributed by atoms with van der Waals surface area (Å²) in [5.74, 6) is 0.792. The van der Waals surface area contributed by atoms with Crippen molar-refractivity contribution in [1.29, 1.82) is 0 Å². The van der Waals surface area contributed by atoms with Crippen molar-refractivity contribution in [3.05, 3.63) is 58.4 Å². The Labute approximate surface area is 144 Å². The summed E-state index contributed by atoms with van der Waals surface area (Å²) >= 11 is 7.74. The van der Waals surface area contributed by atoms with Crippen molar-refractivity contribution in [2.45, 2.75) is 13.5 Å². The van der Waals surface area contributed by atoms with Crippen molar-refractivity contribution >= 4 is 22.9 Å². The van der Waals surface area contributed by atoms with Gasteiger partial charge >= 0.3 is 0 Å². The van der Waals surface area contributed by atoms with Crippen LogP contribution in [0.1, 0.15) is 12.5 Å². The Morgan fingerprint density at radius 3 is 2.78 bits per heavy atom. The molecule has 0 aliphatic carbocycles. The fourth-order valence-electron chi connectivity index (χ4n) is 2.41. The smallest absolute Gasteiger partial charge is 0.128 e. The number of nitrogens with zero attached hydrogens (tertiary/aromatic N) is 1. The second-order valence-corrected chi connectivity index (χ2v) is 6.27. The topological polar surface area (TPSA) is 48.1 Å². The Morgan fingerprint density at radius 2 is 2.00 bits per heavy atom. The molecular formula is C18H17ClN2OS. The average molecular weight is 345 g/mol. The maximum atomic E-state index is 6.14. The second-order valence-electron chi connectivity index (χ2n) is 4.97. The van der Waals surface area contributed by atoms with Gasteiger partial charge in [-0.15, -0.1) is 11.3 Å². The third-order valence-electron chi connectivity index (χ3n) is 3.49. The highest BCUT2D eigenvalue weighted by Crippen LogP contribution is 2.36. The van der Waals surface area contributed by atoms with Crippen LogP contribution in [0.15, 0.2) is 47.8 Å². The quantitative estimate of drug-likeness (QED) is 0.709. The third-order valence-corrected chi connectivity index (χ3v) is 4.60. The molecule has 0 amide bonds. The van der Waals surface area contributed by atoms with Crippen LogP contribution in [0.4, 0.5) is 0 Å². The molecule has 2 aromatic carbocycles. The number of rotatable bonds is 5. The van der Waals surface area contributed by atoms with E-state index in [-0.39, 0.29) is 0 Å². The molecule has 0 fully saturated rings. The van der Waals surface area contributed by atoms with Gasteiger partial charge in [-0.25, -0.2) is 4.98 Å². The first-order valence-corrected chi connectivity index (χ1v) is 8.65. The molecule has 5 heteroatoms. The first kappa shape index (κ1) is 16.0.